The summed E-state index contributed by atoms with van der Waals surface area (Å²) in [4.78, 5) is 26.1. The number of alkyl halides is 1. The van der Waals surface area contributed by atoms with Crippen molar-refractivity contribution < 1.29 is 23.5 Å². The molecule has 1 aromatic heterocycles. The van der Waals surface area contributed by atoms with Gasteiger partial charge in [-0.1, -0.05) is 12.7 Å². The van der Waals surface area contributed by atoms with Crippen LogP contribution in [0, 0.1) is 0 Å². The second-order valence-corrected chi connectivity index (χ2v) is 8.90. The number of hydrogen-bond donors (Lipinski definition) is 2. The van der Waals surface area contributed by atoms with Gasteiger partial charge in [0.25, 0.3) is 0 Å². The van der Waals surface area contributed by atoms with Crippen molar-refractivity contribution in [1.29, 1.82) is 0 Å². The molecule has 1 aliphatic carbocycles. The van der Waals surface area contributed by atoms with Crippen molar-refractivity contribution >= 4 is 17.8 Å². The van der Waals surface area contributed by atoms with Crippen molar-refractivity contribution in [1.82, 2.24) is 15.1 Å². The average Bonchev–Trinajstić information content (AvgIpc) is 3.35. The van der Waals surface area contributed by atoms with E-state index in [9.17, 15) is 14.0 Å². The second kappa shape index (κ2) is 11.2. The minimum atomic E-state index is -1.35. The number of aromatic nitrogens is 2. The zero-order valence-electron chi connectivity index (χ0n) is 19.6. The van der Waals surface area contributed by atoms with Gasteiger partial charge in [-0.05, 0) is 46.1 Å². The number of nitrogens with zero attached hydrogens (tertiary/aromatic N) is 2. The van der Waals surface area contributed by atoms with E-state index in [2.05, 4.69) is 22.1 Å². The minimum absolute atomic E-state index is 0.0810. The standard InChI is InChI=1S/C23H35FN4O4/c1-7-8-17(31-6)12-21(29)25-20-13-19(26-27-20)16-9-10-18(11-16)32-22(30)28(5)15(2)14-23(3,4)24/h7-8,13,15-16,18H,1,9-12,14H2,2-6H3,(H2,25,26,27,29)/b17-8-. The molecule has 2 amide bonds. The van der Waals surface area contributed by atoms with Crippen molar-refractivity contribution in [2.24, 2.45) is 0 Å². The molecule has 8 nitrogen and oxygen atoms in total. The average molecular weight is 451 g/mol. The van der Waals surface area contributed by atoms with Gasteiger partial charge in [0.05, 0.1) is 13.5 Å². The number of carbonyl (C=O) groups is 2. The molecule has 2 N–H and O–H groups in total. The number of nitrogens with one attached hydrogen (secondary N) is 2. The predicted octanol–water partition coefficient (Wildman–Crippen LogP) is 4.69. The molecule has 1 saturated carbocycles. The molecule has 3 atom stereocenters. The fraction of sp³-hybridized carbons (Fsp3) is 0.609. The summed E-state index contributed by atoms with van der Waals surface area (Å²) in [7, 11) is 3.13. The lowest BCUT2D eigenvalue weighted by Gasteiger charge is -2.29. The summed E-state index contributed by atoms with van der Waals surface area (Å²) in [5, 5.41) is 9.87. The van der Waals surface area contributed by atoms with E-state index in [1.165, 1.54) is 25.9 Å². The number of amides is 2. The number of aromatic amines is 1. The fourth-order valence-electron chi connectivity index (χ4n) is 3.86. The highest BCUT2D eigenvalue weighted by Gasteiger charge is 2.32. The highest BCUT2D eigenvalue weighted by Crippen LogP contribution is 2.36. The Morgan fingerprint density at radius 3 is 2.81 bits per heavy atom. The molecule has 3 unspecified atom stereocenters. The van der Waals surface area contributed by atoms with Gasteiger partial charge in [0.2, 0.25) is 5.91 Å². The van der Waals surface area contributed by atoms with Crippen molar-refractivity contribution in [3.05, 3.63) is 36.3 Å². The molecule has 178 valence electrons. The summed E-state index contributed by atoms with van der Waals surface area (Å²) >= 11 is 0. The van der Waals surface area contributed by atoms with E-state index in [-0.39, 0.29) is 36.8 Å². The number of allylic oxidation sites excluding steroid dienone is 2. The van der Waals surface area contributed by atoms with Gasteiger partial charge in [-0.15, -0.1) is 0 Å². The Bertz CT molecular complexity index is 830. The lowest BCUT2D eigenvalue weighted by atomic mass is 10.0. The van der Waals surface area contributed by atoms with E-state index in [1.807, 2.05) is 6.92 Å². The molecule has 0 aliphatic heterocycles. The number of anilines is 1. The van der Waals surface area contributed by atoms with Crippen LogP contribution < -0.4 is 5.32 Å². The highest BCUT2D eigenvalue weighted by molar-refractivity contribution is 5.91. The lowest BCUT2D eigenvalue weighted by Crippen LogP contribution is -2.40. The summed E-state index contributed by atoms with van der Waals surface area (Å²) in [6.45, 7) is 8.40. The summed E-state index contributed by atoms with van der Waals surface area (Å²) in [6.07, 6.45) is 5.09. The third-order valence-corrected chi connectivity index (χ3v) is 5.59. The molecule has 0 radical (unpaired) electrons. The predicted molar refractivity (Wildman–Crippen MR) is 121 cm³/mol. The number of methoxy groups -OCH3 is 1. The maximum absolute atomic E-state index is 13.9. The van der Waals surface area contributed by atoms with Crippen LogP contribution in [0.5, 0.6) is 0 Å². The lowest BCUT2D eigenvalue weighted by molar-refractivity contribution is -0.116. The Morgan fingerprint density at radius 2 is 2.19 bits per heavy atom. The molecule has 1 aromatic rings. The number of hydrogen-bond acceptors (Lipinski definition) is 5. The van der Waals surface area contributed by atoms with Gasteiger partial charge < -0.3 is 19.7 Å². The molecule has 0 aromatic carbocycles. The van der Waals surface area contributed by atoms with Crippen molar-refractivity contribution in [2.75, 3.05) is 19.5 Å². The molecule has 0 bridgehead atoms. The summed E-state index contributed by atoms with van der Waals surface area (Å²) in [5.74, 6) is 0.837. The van der Waals surface area contributed by atoms with Crippen molar-refractivity contribution in [3.8, 4) is 0 Å². The maximum atomic E-state index is 13.9. The van der Waals surface area contributed by atoms with Crippen LogP contribution in [0.4, 0.5) is 15.0 Å². The SMILES string of the molecule is C=C/C=C(/CC(=O)Nc1cc(C2CCC(OC(=O)N(C)C(C)CC(C)(C)F)C2)[nH]n1)OC. The first kappa shape index (κ1) is 25.4. The van der Waals surface area contributed by atoms with Gasteiger partial charge in [0, 0.05) is 37.2 Å². The molecule has 2 rings (SSSR count). The van der Waals surface area contributed by atoms with Gasteiger partial charge in [-0.2, -0.15) is 5.10 Å². The van der Waals surface area contributed by atoms with Crippen LogP contribution in [-0.2, 0) is 14.3 Å². The van der Waals surface area contributed by atoms with Gasteiger partial charge in [0.1, 0.15) is 17.5 Å². The Labute approximate surface area is 189 Å². The van der Waals surface area contributed by atoms with Gasteiger partial charge in [0.15, 0.2) is 5.82 Å². The number of halogens is 1. The molecular formula is C23H35FN4O4. The van der Waals surface area contributed by atoms with E-state index in [0.717, 1.165) is 18.5 Å². The van der Waals surface area contributed by atoms with Crippen LogP contribution in [0.1, 0.15) is 64.5 Å². The summed E-state index contributed by atoms with van der Waals surface area (Å²) < 4.78 is 24.6. The third-order valence-electron chi connectivity index (χ3n) is 5.59. The van der Waals surface area contributed by atoms with Crippen LogP contribution in [-0.4, -0.2) is 59.1 Å². The zero-order valence-corrected chi connectivity index (χ0v) is 19.6. The third kappa shape index (κ3) is 7.69. The maximum Gasteiger partial charge on any atom is 0.410 e. The first-order valence-electron chi connectivity index (χ1n) is 10.9. The van der Waals surface area contributed by atoms with Gasteiger partial charge in [-0.3, -0.25) is 9.89 Å². The molecular weight excluding hydrogens is 415 g/mol. The zero-order chi connectivity index (χ0) is 23.9. The number of carbonyl (C=O) groups excluding carboxylic acids is 2. The molecule has 1 heterocycles. The van der Waals surface area contributed by atoms with Gasteiger partial charge >= 0.3 is 6.09 Å². The van der Waals surface area contributed by atoms with E-state index in [1.54, 1.807) is 25.3 Å². The quantitative estimate of drug-likeness (QED) is 0.398. The number of ether oxygens (including phenoxy) is 2. The van der Waals surface area contributed by atoms with Crippen LogP contribution in [0.25, 0.3) is 0 Å². The molecule has 1 aliphatic rings. The monoisotopic (exact) mass is 450 g/mol. The van der Waals surface area contributed by atoms with Crippen LogP contribution in [0.2, 0.25) is 0 Å². The topological polar surface area (TPSA) is 96.6 Å². The first-order chi connectivity index (χ1) is 15.0. The van der Waals surface area contributed by atoms with Crippen LogP contribution in [0.15, 0.2) is 30.6 Å². The van der Waals surface area contributed by atoms with Crippen LogP contribution >= 0.6 is 0 Å². The van der Waals surface area contributed by atoms with E-state index < -0.39 is 11.8 Å². The number of H-pyrrole nitrogens is 1. The largest absolute Gasteiger partial charge is 0.501 e. The highest BCUT2D eigenvalue weighted by atomic mass is 19.1. The Hall–Kier alpha value is -2.84. The van der Waals surface area contributed by atoms with E-state index >= 15 is 0 Å². The number of rotatable bonds is 10. The fourth-order valence-corrected chi connectivity index (χ4v) is 3.86. The molecule has 0 saturated heterocycles. The van der Waals surface area contributed by atoms with E-state index in [0.29, 0.717) is 18.0 Å². The minimum Gasteiger partial charge on any atom is -0.501 e. The Morgan fingerprint density at radius 1 is 1.47 bits per heavy atom. The first-order valence-corrected chi connectivity index (χ1v) is 10.9. The normalized spacial score (nSPS) is 19.9. The van der Waals surface area contributed by atoms with E-state index in [4.69, 9.17) is 9.47 Å². The Balaban J connectivity index is 1.86. The summed E-state index contributed by atoms with van der Waals surface area (Å²) in [6, 6.07) is 1.53. The smallest absolute Gasteiger partial charge is 0.410 e. The molecule has 9 heteroatoms. The molecule has 0 spiro atoms. The molecule has 32 heavy (non-hydrogen) atoms. The van der Waals surface area contributed by atoms with Crippen LogP contribution in [0.3, 0.4) is 0 Å². The van der Waals surface area contributed by atoms with Crippen molar-refractivity contribution in [3.63, 3.8) is 0 Å². The molecule has 1 fully saturated rings. The summed E-state index contributed by atoms with van der Waals surface area (Å²) in [5.41, 5.74) is -0.471. The second-order valence-electron chi connectivity index (χ2n) is 8.90. The van der Waals surface area contributed by atoms with Crippen molar-refractivity contribution in [2.45, 2.75) is 76.6 Å². The van der Waals surface area contributed by atoms with Gasteiger partial charge in [-0.25, -0.2) is 9.18 Å². The Kier molecular flexibility index (Phi) is 8.86.